The Bertz CT molecular complexity index is 634. The zero-order chi connectivity index (χ0) is 15.4. The summed E-state index contributed by atoms with van der Waals surface area (Å²) >= 11 is 0. The van der Waals surface area contributed by atoms with Gasteiger partial charge in [0.05, 0.1) is 18.5 Å². The van der Waals surface area contributed by atoms with Gasteiger partial charge in [0, 0.05) is 0 Å². The van der Waals surface area contributed by atoms with Gasteiger partial charge in [-0.05, 0) is 24.3 Å². The summed E-state index contributed by atoms with van der Waals surface area (Å²) in [7, 11) is 0. The number of hydrazine groups is 2. The SMILES string of the molecule is O=C(NCc1ccco1)C1NNNC1Nc1ccccc1F. The van der Waals surface area contributed by atoms with Gasteiger partial charge in [0.1, 0.15) is 23.8 Å². The lowest BCUT2D eigenvalue weighted by molar-refractivity contribution is -0.123. The summed E-state index contributed by atoms with van der Waals surface area (Å²) in [5.74, 6) is 0.0274. The van der Waals surface area contributed by atoms with E-state index >= 15 is 0 Å². The van der Waals surface area contributed by atoms with E-state index in [0.717, 1.165) is 0 Å². The maximum Gasteiger partial charge on any atom is 0.242 e. The van der Waals surface area contributed by atoms with E-state index in [2.05, 4.69) is 27.0 Å². The molecule has 5 N–H and O–H groups in total. The van der Waals surface area contributed by atoms with Crippen LogP contribution in [0.4, 0.5) is 10.1 Å². The van der Waals surface area contributed by atoms with Crippen LogP contribution in [0.5, 0.6) is 0 Å². The molecule has 0 bridgehead atoms. The van der Waals surface area contributed by atoms with Gasteiger partial charge in [0.25, 0.3) is 0 Å². The Hall–Kier alpha value is -2.42. The van der Waals surface area contributed by atoms with Crippen LogP contribution in [-0.4, -0.2) is 18.1 Å². The van der Waals surface area contributed by atoms with E-state index in [0.29, 0.717) is 11.4 Å². The highest BCUT2D eigenvalue weighted by atomic mass is 19.1. The number of furan rings is 1. The van der Waals surface area contributed by atoms with Crippen molar-refractivity contribution in [2.75, 3.05) is 5.32 Å². The lowest BCUT2D eigenvalue weighted by atomic mass is 10.2. The Morgan fingerprint density at radius 2 is 2.09 bits per heavy atom. The predicted octanol–water partition coefficient (Wildman–Crippen LogP) is 0.454. The smallest absolute Gasteiger partial charge is 0.242 e. The fraction of sp³-hybridized carbons (Fsp3) is 0.214. The molecule has 8 heteroatoms. The first-order valence-electron chi connectivity index (χ1n) is 6.81. The standard InChI is InChI=1S/C14H16FN5O2/c15-10-5-1-2-6-11(10)17-13-12(18-20-19-13)14(21)16-8-9-4-3-7-22-9/h1-7,12-13,17-20H,8H2,(H,16,21). The Labute approximate surface area is 126 Å². The van der Waals surface area contributed by atoms with Crippen molar-refractivity contribution in [3.05, 3.63) is 54.2 Å². The second kappa shape index (κ2) is 6.56. The zero-order valence-electron chi connectivity index (χ0n) is 11.6. The van der Waals surface area contributed by atoms with Crippen LogP contribution in [0.2, 0.25) is 0 Å². The van der Waals surface area contributed by atoms with E-state index in [4.69, 9.17) is 4.42 Å². The molecule has 1 amide bonds. The van der Waals surface area contributed by atoms with Gasteiger partial charge in [-0.15, -0.1) is 0 Å². The molecule has 0 radical (unpaired) electrons. The zero-order valence-corrected chi connectivity index (χ0v) is 11.6. The van der Waals surface area contributed by atoms with Gasteiger partial charge in [-0.25, -0.2) is 15.2 Å². The first kappa shape index (κ1) is 14.5. The van der Waals surface area contributed by atoms with Crippen molar-refractivity contribution < 1.29 is 13.6 Å². The van der Waals surface area contributed by atoms with Crippen LogP contribution in [0.15, 0.2) is 47.1 Å². The second-order valence-corrected chi connectivity index (χ2v) is 4.79. The summed E-state index contributed by atoms with van der Waals surface area (Å²) in [6, 6.07) is 9.18. The van der Waals surface area contributed by atoms with Crippen LogP contribution in [0.25, 0.3) is 0 Å². The maximum absolute atomic E-state index is 13.7. The lowest BCUT2D eigenvalue weighted by Crippen LogP contribution is -2.50. The normalized spacial score (nSPS) is 20.8. The number of hydrogen-bond donors (Lipinski definition) is 5. The van der Waals surface area contributed by atoms with E-state index in [1.807, 2.05) is 0 Å². The second-order valence-electron chi connectivity index (χ2n) is 4.79. The fourth-order valence-electron chi connectivity index (χ4n) is 2.14. The van der Waals surface area contributed by atoms with Crippen molar-refractivity contribution in [3.63, 3.8) is 0 Å². The summed E-state index contributed by atoms with van der Waals surface area (Å²) in [5.41, 5.74) is 8.60. The Kier molecular flexibility index (Phi) is 4.33. The van der Waals surface area contributed by atoms with Gasteiger partial charge in [-0.1, -0.05) is 12.1 Å². The van der Waals surface area contributed by atoms with Crippen LogP contribution in [-0.2, 0) is 11.3 Å². The first-order chi connectivity index (χ1) is 10.7. The van der Waals surface area contributed by atoms with Crippen LogP contribution >= 0.6 is 0 Å². The molecular weight excluding hydrogens is 289 g/mol. The molecule has 2 aromatic rings. The van der Waals surface area contributed by atoms with Crippen molar-refractivity contribution in [2.24, 2.45) is 0 Å². The summed E-state index contributed by atoms with van der Waals surface area (Å²) in [5, 5.41) is 5.69. The summed E-state index contributed by atoms with van der Waals surface area (Å²) in [4.78, 5) is 12.2. The molecule has 1 aliphatic heterocycles. The summed E-state index contributed by atoms with van der Waals surface area (Å²) < 4.78 is 18.8. The van der Waals surface area contributed by atoms with Gasteiger partial charge in [-0.2, -0.15) is 5.53 Å². The van der Waals surface area contributed by atoms with Gasteiger partial charge in [0.15, 0.2) is 0 Å². The number of carbonyl (C=O) groups is 1. The van der Waals surface area contributed by atoms with Crippen molar-refractivity contribution in [3.8, 4) is 0 Å². The number of hydrogen-bond acceptors (Lipinski definition) is 6. The average Bonchev–Trinajstić information content (AvgIpc) is 3.18. The molecule has 0 saturated carbocycles. The minimum absolute atomic E-state index is 0.247. The van der Waals surface area contributed by atoms with Gasteiger partial charge >= 0.3 is 0 Å². The van der Waals surface area contributed by atoms with Gasteiger partial charge in [0.2, 0.25) is 5.91 Å². The van der Waals surface area contributed by atoms with E-state index in [1.165, 1.54) is 6.07 Å². The van der Waals surface area contributed by atoms with Crippen LogP contribution < -0.4 is 27.0 Å². The molecular formula is C14H16FN5O2. The molecule has 116 valence electrons. The average molecular weight is 305 g/mol. The third kappa shape index (κ3) is 3.25. The number of rotatable bonds is 5. The molecule has 0 aliphatic carbocycles. The van der Waals surface area contributed by atoms with E-state index in [1.54, 1.807) is 36.6 Å². The molecule has 2 unspecified atom stereocenters. The van der Waals surface area contributed by atoms with E-state index < -0.39 is 12.2 Å². The van der Waals surface area contributed by atoms with E-state index in [-0.39, 0.29) is 18.3 Å². The van der Waals surface area contributed by atoms with Crippen molar-refractivity contribution in [1.29, 1.82) is 0 Å². The molecule has 22 heavy (non-hydrogen) atoms. The largest absolute Gasteiger partial charge is 0.467 e. The Morgan fingerprint density at radius 1 is 1.23 bits per heavy atom. The topological polar surface area (TPSA) is 90.4 Å². The molecule has 1 aromatic heterocycles. The highest BCUT2D eigenvalue weighted by Gasteiger charge is 2.33. The molecule has 1 aromatic carbocycles. The predicted molar refractivity (Wildman–Crippen MR) is 77.6 cm³/mol. The van der Waals surface area contributed by atoms with Crippen LogP contribution in [0, 0.1) is 5.82 Å². The quantitative estimate of drug-likeness (QED) is 0.551. The molecule has 2 heterocycles. The number of para-hydroxylation sites is 1. The molecule has 3 rings (SSSR count). The van der Waals surface area contributed by atoms with Crippen molar-refractivity contribution >= 4 is 11.6 Å². The third-order valence-corrected chi connectivity index (χ3v) is 3.27. The number of halogens is 1. The van der Waals surface area contributed by atoms with Gasteiger partial charge < -0.3 is 15.1 Å². The number of benzene rings is 1. The number of anilines is 1. The summed E-state index contributed by atoms with van der Waals surface area (Å²) in [6.07, 6.45) is 1.04. The Morgan fingerprint density at radius 3 is 2.86 bits per heavy atom. The molecule has 1 saturated heterocycles. The molecule has 7 nitrogen and oxygen atoms in total. The molecule has 2 atom stereocenters. The molecule has 1 aliphatic rings. The maximum atomic E-state index is 13.7. The summed E-state index contributed by atoms with van der Waals surface area (Å²) in [6.45, 7) is 0.288. The molecule has 1 fully saturated rings. The monoisotopic (exact) mass is 305 g/mol. The minimum Gasteiger partial charge on any atom is -0.467 e. The van der Waals surface area contributed by atoms with Crippen molar-refractivity contribution in [1.82, 2.24) is 21.7 Å². The molecule has 0 spiro atoms. The van der Waals surface area contributed by atoms with Crippen LogP contribution in [0.3, 0.4) is 0 Å². The fourth-order valence-corrected chi connectivity index (χ4v) is 2.14. The number of nitrogens with one attached hydrogen (secondary N) is 5. The number of amides is 1. The highest BCUT2D eigenvalue weighted by molar-refractivity contribution is 5.83. The van der Waals surface area contributed by atoms with Gasteiger partial charge in [-0.3, -0.25) is 4.79 Å². The van der Waals surface area contributed by atoms with Crippen molar-refractivity contribution in [2.45, 2.75) is 18.8 Å². The lowest BCUT2D eigenvalue weighted by Gasteiger charge is -2.20. The Balaban J connectivity index is 1.60. The third-order valence-electron chi connectivity index (χ3n) is 3.27. The highest BCUT2D eigenvalue weighted by Crippen LogP contribution is 2.14. The van der Waals surface area contributed by atoms with Crippen LogP contribution in [0.1, 0.15) is 5.76 Å². The number of carbonyl (C=O) groups excluding carboxylic acids is 1. The van der Waals surface area contributed by atoms with E-state index in [9.17, 15) is 9.18 Å². The first-order valence-corrected chi connectivity index (χ1v) is 6.81. The minimum atomic E-state index is -0.616.